The van der Waals surface area contributed by atoms with Gasteiger partial charge in [-0.15, -0.1) is 0 Å². The Kier molecular flexibility index (Phi) is 25.6. The molecular formula is C124H83O20P5. The van der Waals surface area contributed by atoms with E-state index in [0.717, 1.165) is 21.7 Å². The molecule has 2 heterocycles. The summed E-state index contributed by atoms with van der Waals surface area (Å²) in [6.07, 6.45) is 0. The molecule has 2 aliphatic heterocycles. The average molecular weight is 2050 g/mol. The first-order chi connectivity index (χ1) is 72.8. The Labute approximate surface area is 855 Å². The van der Waals surface area contributed by atoms with Gasteiger partial charge in [-0.3, -0.25) is 9.13 Å². The van der Waals surface area contributed by atoms with E-state index in [-0.39, 0.29) is 80.8 Å². The second-order valence-electron chi connectivity index (χ2n) is 35.4. The number of fused-ring (bicyclic) bond motifs is 10. The largest absolute Gasteiger partial charge is 0.487 e. The van der Waals surface area contributed by atoms with Crippen LogP contribution < -0.4 is 105 Å². The molecule has 5 atom stereocenters. The Morgan fingerprint density at radius 2 is 0.591 bits per heavy atom. The molecule has 0 N–H and O–H groups in total. The van der Waals surface area contributed by atoms with Crippen LogP contribution in [0.5, 0.6) is 57.5 Å². The molecule has 724 valence electrons. The van der Waals surface area contributed by atoms with E-state index < -0.39 is 60.5 Å². The first-order valence-electron chi connectivity index (χ1n) is 47.6. The number of carbonyl (C=O) groups is 4. The molecule has 25 heteroatoms. The highest BCUT2D eigenvalue weighted by atomic mass is 31.2. The minimum Gasteiger partial charge on any atom is -0.487 e. The van der Waals surface area contributed by atoms with Crippen molar-refractivity contribution in [3.8, 4) is 79.7 Å². The van der Waals surface area contributed by atoms with E-state index in [1.807, 2.05) is 133 Å². The number of carbonyl (C=O) groups excluding carboxylic acids is 4. The van der Waals surface area contributed by atoms with Crippen molar-refractivity contribution in [1.29, 1.82) is 0 Å². The lowest BCUT2D eigenvalue weighted by atomic mass is 10.0. The summed E-state index contributed by atoms with van der Waals surface area (Å²) in [5.41, 5.74) is 4.94. The fraction of sp³-hybridized carbons (Fsp3) is 0.0161. The van der Waals surface area contributed by atoms with Crippen molar-refractivity contribution in [2.75, 3.05) is 0 Å². The van der Waals surface area contributed by atoms with Crippen LogP contribution in [0, 0.1) is 0 Å². The van der Waals surface area contributed by atoms with Gasteiger partial charge in [0.05, 0.1) is 48.8 Å². The highest BCUT2D eigenvalue weighted by Crippen LogP contribution is 2.60. The van der Waals surface area contributed by atoms with Gasteiger partial charge in [-0.05, 0) is 177 Å². The summed E-state index contributed by atoms with van der Waals surface area (Å²) in [4.78, 5) is 69.5. The summed E-state index contributed by atoms with van der Waals surface area (Å²) in [5.74, 6) is -0.997. The highest BCUT2D eigenvalue weighted by Gasteiger charge is 2.45. The van der Waals surface area contributed by atoms with Crippen LogP contribution in [0.3, 0.4) is 0 Å². The topological polar surface area (TPSA) is 255 Å². The van der Waals surface area contributed by atoms with Crippen molar-refractivity contribution in [3.63, 3.8) is 0 Å². The number of hydrogen-bond donors (Lipinski definition) is 0. The maximum absolute atomic E-state index is 16.7. The van der Waals surface area contributed by atoms with Gasteiger partial charge >= 0.3 is 46.2 Å². The molecule has 0 amide bonds. The molecule has 2 aliphatic rings. The molecule has 0 fully saturated rings. The van der Waals surface area contributed by atoms with Gasteiger partial charge in [-0.2, -0.15) is 4.89 Å². The van der Waals surface area contributed by atoms with E-state index in [1.54, 1.807) is 340 Å². The van der Waals surface area contributed by atoms with E-state index in [9.17, 15) is 18.9 Å². The van der Waals surface area contributed by atoms with E-state index in [0.29, 0.717) is 125 Å². The number of hydrogen-bond acceptors (Lipinski definition) is 20. The fourth-order valence-electron chi connectivity index (χ4n) is 18.9. The molecule has 0 spiro atoms. The van der Waals surface area contributed by atoms with E-state index in [4.69, 9.17) is 51.6 Å². The summed E-state index contributed by atoms with van der Waals surface area (Å²) in [7, 11) is -20.2. The van der Waals surface area contributed by atoms with Crippen LogP contribution in [0.25, 0.3) is 65.3 Å². The molecule has 0 saturated heterocycles. The fourth-order valence-corrected chi connectivity index (χ4v) is 30.6. The maximum atomic E-state index is 16.7. The zero-order valence-corrected chi connectivity index (χ0v) is 83.4. The van der Waals surface area contributed by atoms with E-state index in [2.05, 4.69) is 0 Å². The normalized spacial score (nSPS) is 15.0. The average Bonchev–Trinajstić information content (AvgIpc) is 0.719. The highest BCUT2D eigenvalue weighted by molar-refractivity contribution is 7.85. The minimum absolute atomic E-state index is 0.000982. The lowest BCUT2D eigenvalue weighted by molar-refractivity contribution is -0.217. The summed E-state index contributed by atoms with van der Waals surface area (Å²) in [6, 6.07) is 138. The van der Waals surface area contributed by atoms with Gasteiger partial charge in [-0.1, -0.05) is 346 Å². The van der Waals surface area contributed by atoms with Crippen LogP contribution in [-0.4, -0.2) is 23.9 Å². The zero-order valence-electron chi connectivity index (χ0n) is 78.9. The predicted molar refractivity (Wildman–Crippen MR) is 584 cm³/mol. The summed E-state index contributed by atoms with van der Waals surface area (Å²) < 4.78 is 138. The van der Waals surface area contributed by atoms with Crippen LogP contribution in [0.2, 0.25) is 0 Å². The number of para-hydroxylation sites is 2. The minimum atomic E-state index is -4.31. The van der Waals surface area contributed by atoms with Gasteiger partial charge in [0, 0.05) is 64.5 Å². The summed E-state index contributed by atoms with van der Waals surface area (Å²) in [5, 5.41) is 8.53. The molecule has 0 saturated carbocycles. The van der Waals surface area contributed by atoms with Gasteiger partial charge in [0.1, 0.15) is 59.2 Å². The summed E-state index contributed by atoms with van der Waals surface area (Å²) in [6.45, 7) is -0.144. The van der Waals surface area contributed by atoms with Crippen LogP contribution in [-0.2, 0) is 40.9 Å². The van der Waals surface area contributed by atoms with Gasteiger partial charge in [-0.25, -0.2) is 23.7 Å². The van der Waals surface area contributed by atoms with Gasteiger partial charge in [0.2, 0.25) is 0 Å². The molecule has 0 radical (unpaired) electrons. The molecule has 0 bridgehead atoms. The summed E-state index contributed by atoms with van der Waals surface area (Å²) >= 11 is 0. The van der Waals surface area contributed by atoms with E-state index >= 15 is 23.1 Å². The molecule has 0 aliphatic carbocycles. The monoisotopic (exact) mass is 2050 g/mol. The quantitative estimate of drug-likeness (QED) is 0.0145. The Morgan fingerprint density at radius 1 is 0.255 bits per heavy atom. The molecule has 5 unspecified atom stereocenters. The SMILES string of the molecule is O=C(Oc1cc(P2(=O)Oc3ccccc3-c3ccccc32)c(OCc2ccc(P(=O)(c3ccccc3)c3ccc(C(=O)Oc4cc(P5(=O)Oc6ccccc6-c6ccccc65)c(OC(=O)c5cccc6ccccc56)c5ccccc45)cc3)cc2)c2ccccc12)c1ccc(P(=O)(c2ccccc2)c2ccc(COOc3ccc(OP(=O)(Oc4ccc(OC(=O)c5cccc6ccccc56)cc4)c4ccccc4)cc3)cc2)cc1. The third-order valence-electron chi connectivity index (χ3n) is 26.3. The van der Waals surface area contributed by atoms with Gasteiger partial charge < -0.3 is 55.8 Å². The Morgan fingerprint density at radius 3 is 1.05 bits per heavy atom. The first-order valence-corrected chi connectivity index (χ1v) is 55.9. The molecule has 21 aromatic carbocycles. The lowest BCUT2D eigenvalue weighted by Crippen LogP contribution is -2.28. The van der Waals surface area contributed by atoms with Crippen LogP contribution in [0.4, 0.5) is 0 Å². The molecule has 0 aromatic heterocycles. The standard InChI is InChI=1S/C124H83O20P5/c125-121(86-58-76-97(77-59-86)146(130,93-34-6-2-7-35-93)95-72-56-83(57-73-95)81-135-140-89-64-68-91(69-65-89)142-149(133,98-36-8-3-9-37-98)141-90-66-62-88(63-67-90)136-123(127)109-48-26-30-84-28-10-12-38-99(84)109)137-113-78-117(147(131)115-52-24-20-44-105(115)101-40-18-22-50-111(101)143-147)119(107-46-16-14-42-103(107)113)134-80-82-54-70-94(71-55-82)145(129,92-32-4-1-5-33-92)96-74-60-87(61-75-96)122(126)138-114-79-118(148(132)116-53-25-21-45-106(116)102-41-19-23-51-112(102)144-148)120(108-47-17-15-43-104(108)114)139-124(128)110-49-27-31-85-29-11-13-39-100(85)110/h1-79H,80-81H2. The molecule has 149 heavy (non-hydrogen) atoms. The molecular weight excluding hydrogens is 1960 g/mol. The second-order valence-corrected chi connectivity index (χ2v) is 47.3. The Hall–Kier alpha value is -17.6. The van der Waals surface area contributed by atoms with Crippen LogP contribution in [0.15, 0.2) is 479 Å². The number of benzene rings is 21. The smallest absolute Gasteiger partial charge is 0.462 e. The molecule has 23 rings (SSSR count). The van der Waals surface area contributed by atoms with Gasteiger partial charge in [0.15, 0.2) is 25.8 Å². The predicted octanol–water partition coefficient (Wildman–Crippen LogP) is 25.1. The molecule has 20 nitrogen and oxygen atoms in total. The van der Waals surface area contributed by atoms with Crippen molar-refractivity contribution in [1.82, 2.24) is 0 Å². The van der Waals surface area contributed by atoms with Crippen molar-refractivity contribution >= 4 is 162 Å². The molecule has 21 aromatic rings. The zero-order chi connectivity index (χ0) is 101. The van der Waals surface area contributed by atoms with E-state index in [1.165, 1.54) is 6.07 Å². The van der Waals surface area contributed by atoms with Crippen molar-refractivity contribution in [2.45, 2.75) is 13.2 Å². The number of rotatable bonds is 28. The van der Waals surface area contributed by atoms with Crippen molar-refractivity contribution in [3.05, 3.63) is 513 Å². The third kappa shape index (κ3) is 18.2. The Bertz CT molecular complexity index is 9110. The van der Waals surface area contributed by atoms with Crippen molar-refractivity contribution < 1.29 is 93.6 Å². The van der Waals surface area contributed by atoms with Gasteiger partial charge in [0.25, 0.3) is 0 Å². The number of ether oxygens (including phenoxy) is 5. The maximum Gasteiger partial charge on any atom is 0.462 e. The van der Waals surface area contributed by atoms with Crippen LogP contribution in [0.1, 0.15) is 52.6 Å². The number of esters is 4. The first kappa shape index (κ1) is 95.0. The second kappa shape index (κ2) is 40.1. The lowest BCUT2D eigenvalue weighted by Gasteiger charge is -2.30. The van der Waals surface area contributed by atoms with Crippen molar-refractivity contribution in [2.24, 2.45) is 0 Å². The third-order valence-corrected chi connectivity index (χ3v) is 39.2. The van der Waals surface area contributed by atoms with Crippen LogP contribution >= 0.6 is 36.6 Å². The Balaban J connectivity index is 0.490.